The van der Waals surface area contributed by atoms with Gasteiger partial charge >= 0.3 is 0 Å². The summed E-state index contributed by atoms with van der Waals surface area (Å²) in [6.45, 7) is 6.15. The van der Waals surface area contributed by atoms with E-state index in [1.807, 2.05) is 35.8 Å². The molecule has 11 nitrogen and oxygen atoms in total. The van der Waals surface area contributed by atoms with Crippen LogP contribution < -0.4 is 14.8 Å². The highest BCUT2D eigenvalue weighted by Gasteiger charge is 2.63. The fraction of sp³-hybridized carbons (Fsp3) is 0.590. The normalized spacial score (nSPS) is 28.0. The average molecular weight is 736 g/mol. The van der Waals surface area contributed by atoms with E-state index in [1.165, 1.54) is 12.1 Å². The second-order valence-corrected chi connectivity index (χ2v) is 18.0. The van der Waals surface area contributed by atoms with Crippen molar-refractivity contribution < 1.29 is 31.9 Å². The molecular formula is C39H50FN5O6S. The number of para-hydroxylation sites is 2. The molecule has 2 saturated carbocycles. The number of hydrogen-bond acceptors (Lipinski definition) is 8. The zero-order valence-corrected chi connectivity index (χ0v) is 31.1. The van der Waals surface area contributed by atoms with E-state index in [4.69, 9.17) is 9.72 Å². The number of benzene rings is 2. The third-order valence-electron chi connectivity index (χ3n) is 11.9. The molecule has 0 spiro atoms. The third-order valence-corrected chi connectivity index (χ3v) is 14.0. The molecule has 2 saturated heterocycles. The number of halogens is 1. The molecule has 1 aromatic heterocycles. The summed E-state index contributed by atoms with van der Waals surface area (Å²) in [6.07, 6.45) is 6.50. The third kappa shape index (κ3) is 7.17. The van der Waals surface area contributed by atoms with Crippen LogP contribution >= 0.6 is 0 Å². The highest BCUT2D eigenvalue weighted by atomic mass is 32.2. The number of carbonyl (C=O) groups is 3. The monoisotopic (exact) mass is 735 g/mol. The number of amides is 2. The largest absolute Gasteiger partial charge is 0.459 e. The summed E-state index contributed by atoms with van der Waals surface area (Å²) < 4.78 is 50.7. The van der Waals surface area contributed by atoms with Gasteiger partial charge in [-0.25, -0.2) is 12.8 Å². The molecular weight excluding hydrogens is 686 g/mol. The highest BCUT2D eigenvalue weighted by molar-refractivity contribution is 7.91. The van der Waals surface area contributed by atoms with Gasteiger partial charge in [-0.15, -0.1) is 0 Å². The number of nitrogens with zero attached hydrogens (tertiary/aromatic N) is 3. The van der Waals surface area contributed by atoms with Gasteiger partial charge in [0.15, 0.2) is 5.78 Å². The predicted molar refractivity (Wildman–Crippen MR) is 196 cm³/mol. The van der Waals surface area contributed by atoms with Crippen LogP contribution in [0.2, 0.25) is 0 Å². The van der Waals surface area contributed by atoms with E-state index in [0.29, 0.717) is 49.5 Å². The molecule has 52 heavy (non-hydrogen) atoms. The van der Waals surface area contributed by atoms with Crippen molar-refractivity contribution in [2.75, 3.05) is 11.9 Å². The maximum absolute atomic E-state index is 14.6. The minimum atomic E-state index is -3.90. The Morgan fingerprint density at radius 1 is 1.06 bits per heavy atom. The summed E-state index contributed by atoms with van der Waals surface area (Å²) in [5.41, 5.74) is 1.75. The molecule has 0 unspecified atom stereocenters. The fourth-order valence-electron chi connectivity index (χ4n) is 8.33. The Balaban J connectivity index is 1.20. The van der Waals surface area contributed by atoms with Crippen molar-refractivity contribution in [1.82, 2.24) is 19.2 Å². The van der Waals surface area contributed by atoms with E-state index in [0.717, 1.165) is 49.6 Å². The number of anilines is 1. The second-order valence-electron chi connectivity index (χ2n) is 15.8. The van der Waals surface area contributed by atoms with Gasteiger partial charge in [-0.3, -0.25) is 23.7 Å². The lowest BCUT2D eigenvalue weighted by atomic mass is 9.90. The average Bonchev–Trinajstić information content (AvgIpc) is 3.92. The molecule has 13 heteroatoms. The number of Topliss-reactive ketones (excluding diaryl/α,β-unsaturated/α-hetero) is 1. The van der Waals surface area contributed by atoms with Gasteiger partial charge in [-0.05, 0) is 94.7 Å². The molecule has 0 radical (unpaired) electrons. The van der Waals surface area contributed by atoms with E-state index in [9.17, 15) is 27.2 Å². The van der Waals surface area contributed by atoms with Crippen LogP contribution in [0.3, 0.4) is 0 Å². The minimum absolute atomic E-state index is 0.114. The van der Waals surface area contributed by atoms with Gasteiger partial charge in [0.1, 0.15) is 18.0 Å². The molecule has 3 aromatic rings. The summed E-state index contributed by atoms with van der Waals surface area (Å²) in [6, 6.07) is 11.1. The molecule has 2 N–H and O–H groups in total. The van der Waals surface area contributed by atoms with Crippen molar-refractivity contribution in [3.63, 3.8) is 0 Å². The Labute approximate surface area is 305 Å². The number of aryl methyl sites for hydroxylation is 2. The predicted octanol–water partition coefficient (Wildman–Crippen LogP) is 6.04. The minimum Gasteiger partial charge on any atom is -0.459 e. The number of hydrogen-bond donors (Lipinski definition) is 2. The van der Waals surface area contributed by atoms with Gasteiger partial charge in [0, 0.05) is 25.1 Å². The standard InChI is InChI=1S/C39H50FN5O6S/c1-4-44-32-15-11-10-13-30(32)42-37(44)51-29-21-33-34(46)23-39(36(48)43-52(49,50)38(3)16-17-38)22-26(39)12-8-6-5-7-9-14-31(35(47)45(33)24-29)41-28-19-25(2)18-27(40)20-28/h10-11,13,15,18-20,26,29,31,33,41H,4-9,12,14,16-17,21-24H2,1-3H3,(H,43,48)/t26-,29-,31+,33+,39-/m1/s1. The van der Waals surface area contributed by atoms with Crippen LogP contribution in [0.25, 0.3) is 11.0 Å². The first-order valence-corrected chi connectivity index (χ1v) is 20.4. The van der Waals surface area contributed by atoms with Crippen LogP contribution in [0.15, 0.2) is 42.5 Å². The zero-order valence-electron chi connectivity index (χ0n) is 30.3. The maximum atomic E-state index is 14.6. The van der Waals surface area contributed by atoms with Crippen LogP contribution in [0.4, 0.5) is 10.1 Å². The van der Waals surface area contributed by atoms with Gasteiger partial charge in [0.05, 0.1) is 33.8 Å². The Morgan fingerprint density at radius 3 is 2.52 bits per heavy atom. The fourth-order valence-corrected chi connectivity index (χ4v) is 9.67. The molecule has 4 fully saturated rings. The van der Waals surface area contributed by atoms with Gasteiger partial charge < -0.3 is 15.0 Å². The number of aromatic nitrogens is 2. The first-order valence-electron chi connectivity index (χ1n) is 18.9. The van der Waals surface area contributed by atoms with Crippen LogP contribution in [-0.2, 0) is 31.0 Å². The lowest BCUT2D eigenvalue weighted by Crippen LogP contribution is -2.49. The summed E-state index contributed by atoms with van der Waals surface area (Å²) in [5, 5.41) is 3.29. The number of nitrogens with one attached hydrogen (secondary N) is 2. The van der Waals surface area contributed by atoms with Crippen molar-refractivity contribution in [1.29, 1.82) is 0 Å². The Morgan fingerprint density at radius 2 is 1.79 bits per heavy atom. The van der Waals surface area contributed by atoms with Gasteiger partial charge in [0.25, 0.3) is 6.01 Å². The summed E-state index contributed by atoms with van der Waals surface area (Å²) in [7, 11) is -3.90. The number of rotatable bonds is 8. The van der Waals surface area contributed by atoms with Crippen molar-refractivity contribution in [2.24, 2.45) is 11.3 Å². The van der Waals surface area contributed by atoms with E-state index in [-0.39, 0.29) is 37.0 Å². The second kappa shape index (κ2) is 14.1. The lowest BCUT2D eigenvalue weighted by Gasteiger charge is -2.30. The smallest absolute Gasteiger partial charge is 0.297 e. The topological polar surface area (TPSA) is 140 Å². The first-order chi connectivity index (χ1) is 24.8. The highest BCUT2D eigenvalue weighted by Crippen LogP contribution is 2.59. The molecule has 5 atom stereocenters. The SMILES string of the molecule is CCn1c(O[C@@H]2C[C@H]3C(=O)C[C@]4(C(=O)NS(=O)(=O)C5(C)CC5)C[C@H]4CCCCCCC[C@H](Nc4cc(C)cc(F)c4)C(=O)N3C2)nc2ccccc21. The van der Waals surface area contributed by atoms with Crippen molar-refractivity contribution in [3.8, 4) is 6.01 Å². The number of carbonyl (C=O) groups excluding carboxylic acids is 3. The van der Waals surface area contributed by atoms with Crippen molar-refractivity contribution >= 4 is 44.3 Å². The maximum Gasteiger partial charge on any atom is 0.297 e. The Bertz CT molecular complexity index is 1960. The van der Waals surface area contributed by atoms with Gasteiger partial charge in [-0.2, -0.15) is 4.98 Å². The summed E-state index contributed by atoms with van der Waals surface area (Å²) in [4.78, 5) is 49.4. The molecule has 2 aromatic carbocycles. The molecule has 0 bridgehead atoms. The quantitative estimate of drug-likeness (QED) is 0.286. The van der Waals surface area contributed by atoms with Crippen LogP contribution in [0.5, 0.6) is 6.01 Å². The number of fused-ring (bicyclic) bond motifs is 3. The number of ether oxygens (including phenoxy) is 1. The molecule has 3 heterocycles. The Hall–Kier alpha value is -4.00. The Kier molecular flexibility index (Phi) is 9.86. The molecule has 4 aliphatic rings. The van der Waals surface area contributed by atoms with Crippen LogP contribution in [-0.4, -0.2) is 69.9 Å². The zero-order chi connectivity index (χ0) is 36.8. The van der Waals surface area contributed by atoms with Crippen molar-refractivity contribution in [2.45, 2.75) is 127 Å². The van der Waals surface area contributed by atoms with Gasteiger partial charge in [-0.1, -0.05) is 44.2 Å². The molecule has 280 valence electrons. The molecule has 2 aliphatic heterocycles. The van der Waals surface area contributed by atoms with Crippen LogP contribution in [0.1, 0.15) is 96.5 Å². The van der Waals surface area contributed by atoms with E-state index >= 15 is 0 Å². The van der Waals surface area contributed by atoms with E-state index in [2.05, 4.69) is 10.0 Å². The van der Waals surface area contributed by atoms with Gasteiger partial charge in [0.2, 0.25) is 21.8 Å². The summed E-state index contributed by atoms with van der Waals surface area (Å²) >= 11 is 0. The van der Waals surface area contributed by atoms with E-state index in [1.54, 1.807) is 24.8 Å². The van der Waals surface area contributed by atoms with Crippen molar-refractivity contribution in [3.05, 3.63) is 53.8 Å². The number of ketones is 1. The molecule has 7 rings (SSSR count). The molecule has 2 aliphatic carbocycles. The first kappa shape index (κ1) is 36.4. The molecule has 2 amide bonds. The number of imidazole rings is 1. The van der Waals surface area contributed by atoms with E-state index < -0.39 is 50.1 Å². The summed E-state index contributed by atoms with van der Waals surface area (Å²) in [5.74, 6) is -1.71. The van der Waals surface area contributed by atoms with Crippen LogP contribution in [0, 0.1) is 24.1 Å². The number of sulfonamides is 1. The lowest BCUT2D eigenvalue weighted by molar-refractivity contribution is -0.139.